The molecular formula is C14H16N4O. The molecule has 0 aliphatic carbocycles. The number of carbonyl (C=O) groups excluding carboxylic acids is 1. The summed E-state index contributed by atoms with van der Waals surface area (Å²) >= 11 is 0. The molecular weight excluding hydrogens is 240 g/mol. The van der Waals surface area contributed by atoms with Crippen molar-refractivity contribution >= 4 is 5.91 Å². The fourth-order valence-electron chi connectivity index (χ4n) is 2.43. The maximum absolute atomic E-state index is 11.9. The Balaban J connectivity index is 1.55. The largest absolute Gasteiger partial charge is 0.352 e. The first-order chi connectivity index (χ1) is 9.33. The zero-order valence-electron chi connectivity index (χ0n) is 10.6. The lowest BCUT2D eigenvalue weighted by Gasteiger charge is -2.23. The molecule has 0 saturated heterocycles. The fraction of sp³-hybridized carbons (Fsp3) is 0.357. The van der Waals surface area contributed by atoms with E-state index in [2.05, 4.69) is 19.9 Å². The number of nitrogens with zero attached hydrogens (tertiary/aromatic N) is 3. The van der Waals surface area contributed by atoms with Crippen molar-refractivity contribution in [3.63, 3.8) is 0 Å². The van der Waals surface area contributed by atoms with Crippen LogP contribution in [0.2, 0.25) is 0 Å². The van der Waals surface area contributed by atoms with Crippen LogP contribution >= 0.6 is 0 Å². The lowest BCUT2D eigenvalue weighted by Crippen LogP contribution is -2.33. The molecule has 0 fully saturated rings. The van der Waals surface area contributed by atoms with Crippen LogP contribution in [0.5, 0.6) is 0 Å². The van der Waals surface area contributed by atoms with Crippen molar-refractivity contribution in [2.75, 3.05) is 6.54 Å². The van der Waals surface area contributed by atoms with Crippen LogP contribution < -0.4 is 5.32 Å². The highest BCUT2D eigenvalue weighted by atomic mass is 16.1. The Labute approximate surface area is 111 Å². The van der Waals surface area contributed by atoms with Crippen molar-refractivity contribution in [3.8, 4) is 0 Å². The number of hydrogen-bond donors (Lipinski definition) is 1. The van der Waals surface area contributed by atoms with Gasteiger partial charge in [0.25, 0.3) is 5.91 Å². The molecule has 0 aromatic carbocycles. The van der Waals surface area contributed by atoms with Gasteiger partial charge in [0.15, 0.2) is 0 Å². The molecule has 1 amide bonds. The third-order valence-electron chi connectivity index (χ3n) is 3.55. The Morgan fingerprint density at radius 3 is 3.05 bits per heavy atom. The summed E-state index contributed by atoms with van der Waals surface area (Å²) < 4.78 is 2.18. The van der Waals surface area contributed by atoms with Crippen molar-refractivity contribution in [1.82, 2.24) is 19.9 Å². The van der Waals surface area contributed by atoms with Crippen molar-refractivity contribution in [2.24, 2.45) is 5.92 Å². The molecule has 0 bridgehead atoms. The lowest BCUT2D eigenvalue weighted by atomic mass is 9.98. The van der Waals surface area contributed by atoms with E-state index in [9.17, 15) is 4.79 Å². The smallest absolute Gasteiger partial charge is 0.251 e. The van der Waals surface area contributed by atoms with Gasteiger partial charge in [-0.1, -0.05) is 0 Å². The summed E-state index contributed by atoms with van der Waals surface area (Å²) in [5, 5.41) is 2.99. The van der Waals surface area contributed by atoms with Gasteiger partial charge in [0.05, 0.1) is 0 Å². The first-order valence-corrected chi connectivity index (χ1v) is 6.51. The summed E-state index contributed by atoms with van der Waals surface area (Å²) in [5.41, 5.74) is 0.660. The third kappa shape index (κ3) is 2.65. The van der Waals surface area contributed by atoms with E-state index in [1.807, 2.05) is 12.4 Å². The molecule has 0 saturated carbocycles. The van der Waals surface area contributed by atoms with Gasteiger partial charge in [0.1, 0.15) is 5.82 Å². The summed E-state index contributed by atoms with van der Waals surface area (Å²) in [6, 6.07) is 3.45. The summed E-state index contributed by atoms with van der Waals surface area (Å²) in [5.74, 6) is 1.56. The SMILES string of the molecule is O=C(NC[C@@H]1CCn2ccnc2C1)c1ccncc1. The molecule has 19 heavy (non-hydrogen) atoms. The molecule has 0 spiro atoms. The number of carbonyl (C=O) groups is 1. The van der Waals surface area contributed by atoms with Gasteiger partial charge in [-0.15, -0.1) is 0 Å². The second-order valence-corrected chi connectivity index (χ2v) is 4.84. The van der Waals surface area contributed by atoms with Gasteiger partial charge in [-0.25, -0.2) is 4.98 Å². The second-order valence-electron chi connectivity index (χ2n) is 4.84. The molecule has 3 heterocycles. The van der Waals surface area contributed by atoms with Gasteiger partial charge >= 0.3 is 0 Å². The van der Waals surface area contributed by atoms with Crippen LogP contribution in [0.25, 0.3) is 0 Å². The molecule has 3 rings (SSSR count). The predicted octanol–water partition coefficient (Wildman–Crippen LogP) is 1.27. The van der Waals surface area contributed by atoms with Gasteiger partial charge in [0.2, 0.25) is 0 Å². The van der Waals surface area contributed by atoms with E-state index in [0.29, 0.717) is 18.0 Å². The van der Waals surface area contributed by atoms with Crippen LogP contribution in [0.15, 0.2) is 36.9 Å². The monoisotopic (exact) mass is 256 g/mol. The molecule has 1 aliphatic rings. The summed E-state index contributed by atoms with van der Waals surface area (Å²) in [6.07, 6.45) is 9.14. The number of fused-ring (bicyclic) bond motifs is 1. The van der Waals surface area contributed by atoms with Crippen molar-refractivity contribution in [3.05, 3.63) is 48.3 Å². The highest BCUT2D eigenvalue weighted by molar-refractivity contribution is 5.93. The lowest BCUT2D eigenvalue weighted by molar-refractivity contribution is 0.0944. The van der Waals surface area contributed by atoms with Crippen LogP contribution in [0.1, 0.15) is 22.6 Å². The van der Waals surface area contributed by atoms with E-state index in [1.165, 1.54) is 0 Å². The number of hydrogen-bond acceptors (Lipinski definition) is 3. The number of pyridine rings is 1. The van der Waals surface area contributed by atoms with E-state index < -0.39 is 0 Å². The van der Waals surface area contributed by atoms with E-state index in [-0.39, 0.29) is 5.91 Å². The van der Waals surface area contributed by atoms with Crippen molar-refractivity contribution < 1.29 is 4.79 Å². The van der Waals surface area contributed by atoms with Crippen LogP contribution in [0.4, 0.5) is 0 Å². The zero-order chi connectivity index (χ0) is 13.1. The predicted molar refractivity (Wildman–Crippen MR) is 70.6 cm³/mol. The molecule has 98 valence electrons. The molecule has 5 heteroatoms. The van der Waals surface area contributed by atoms with Crippen LogP contribution in [0.3, 0.4) is 0 Å². The zero-order valence-corrected chi connectivity index (χ0v) is 10.6. The summed E-state index contributed by atoms with van der Waals surface area (Å²) in [7, 11) is 0. The Bertz CT molecular complexity index is 564. The number of amides is 1. The molecule has 2 aromatic rings. The van der Waals surface area contributed by atoms with Gasteiger partial charge in [-0.3, -0.25) is 9.78 Å². The van der Waals surface area contributed by atoms with Crippen molar-refractivity contribution in [1.29, 1.82) is 0 Å². The van der Waals surface area contributed by atoms with Crippen LogP contribution in [0, 0.1) is 5.92 Å². The molecule has 5 nitrogen and oxygen atoms in total. The van der Waals surface area contributed by atoms with Gasteiger partial charge in [-0.2, -0.15) is 0 Å². The van der Waals surface area contributed by atoms with Crippen molar-refractivity contribution in [2.45, 2.75) is 19.4 Å². The first kappa shape index (κ1) is 11.9. The molecule has 1 N–H and O–H groups in total. The molecule has 2 aromatic heterocycles. The Kier molecular flexibility index (Phi) is 3.27. The van der Waals surface area contributed by atoms with E-state index in [4.69, 9.17) is 0 Å². The Morgan fingerprint density at radius 2 is 2.21 bits per heavy atom. The number of imidazole rings is 1. The minimum atomic E-state index is -0.0312. The number of aryl methyl sites for hydroxylation is 1. The normalized spacial score (nSPS) is 17.8. The standard InChI is InChI=1S/C14H16N4O/c19-14(12-1-4-15-5-2-12)17-10-11-3-7-18-8-6-16-13(18)9-11/h1-2,4-6,8,11H,3,7,9-10H2,(H,17,19)/t11-/m1/s1. The maximum atomic E-state index is 11.9. The Morgan fingerprint density at radius 1 is 1.37 bits per heavy atom. The fourth-order valence-corrected chi connectivity index (χ4v) is 2.43. The van der Waals surface area contributed by atoms with E-state index in [0.717, 1.165) is 25.2 Å². The third-order valence-corrected chi connectivity index (χ3v) is 3.55. The minimum Gasteiger partial charge on any atom is -0.352 e. The summed E-state index contributed by atoms with van der Waals surface area (Å²) in [6.45, 7) is 1.69. The highest BCUT2D eigenvalue weighted by Gasteiger charge is 2.19. The average molecular weight is 256 g/mol. The van der Waals surface area contributed by atoms with Gasteiger partial charge in [-0.05, 0) is 24.5 Å². The van der Waals surface area contributed by atoms with E-state index >= 15 is 0 Å². The Hall–Kier alpha value is -2.17. The maximum Gasteiger partial charge on any atom is 0.251 e. The molecule has 0 radical (unpaired) electrons. The summed E-state index contributed by atoms with van der Waals surface area (Å²) in [4.78, 5) is 20.2. The molecule has 1 aliphatic heterocycles. The second kappa shape index (κ2) is 5.22. The van der Waals surface area contributed by atoms with Gasteiger partial charge in [0, 0.05) is 49.9 Å². The van der Waals surface area contributed by atoms with E-state index in [1.54, 1.807) is 24.5 Å². The quantitative estimate of drug-likeness (QED) is 0.899. The van der Waals surface area contributed by atoms with Crippen LogP contribution in [-0.2, 0) is 13.0 Å². The highest BCUT2D eigenvalue weighted by Crippen LogP contribution is 2.18. The topological polar surface area (TPSA) is 59.8 Å². The number of aromatic nitrogens is 3. The average Bonchev–Trinajstić information content (AvgIpc) is 2.93. The molecule has 1 atom stereocenters. The number of rotatable bonds is 3. The van der Waals surface area contributed by atoms with Gasteiger partial charge < -0.3 is 9.88 Å². The molecule has 0 unspecified atom stereocenters. The first-order valence-electron chi connectivity index (χ1n) is 6.51. The van der Waals surface area contributed by atoms with Crippen LogP contribution in [-0.4, -0.2) is 27.0 Å². The minimum absolute atomic E-state index is 0.0312. The number of nitrogens with one attached hydrogen (secondary N) is 1.